The van der Waals surface area contributed by atoms with E-state index in [1.807, 2.05) is 11.8 Å². The van der Waals surface area contributed by atoms with Crippen molar-refractivity contribution in [3.8, 4) is 0 Å². The van der Waals surface area contributed by atoms with Crippen molar-refractivity contribution in [1.82, 2.24) is 10.2 Å². The van der Waals surface area contributed by atoms with Crippen LogP contribution in [0.3, 0.4) is 0 Å². The Morgan fingerprint density at radius 1 is 1.40 bits per heavy atom. The van der Waals surface area contributed by atoms with Crippen molar-refractivity contribution in [2.24, 2.45) is 11.8 Å². The molecule has 0 aliphatic carbocycles. The van der Waals surface area contributed by atoms with E-state index < -0.39 is 0 Å². The van der Waals surface area contributed by atoms with E-state index in [-0.39, 0.29) is 12.2 Å². The third-order valence-electron chi connectivity index (χ3n) is 4.63. The molecule has 2 aliphatic rings. The zero-order chi connectivity index (χ0) is 14.7. The second kappa shape index (κ2) is 7.17. The van der Waals surface area contributed by atoms with E-state index in [4.69, 9.17) is 0 Å². The first kappa shape index (κ1) is 16.2. The second-order valence-corrected chi connectivity index (χ2v) is 8.21. The molecule has 0 aromatic rings. The van der Waals surface area contributed by atoms with Crippen LogP contribution in [0.25, 0.3) is 0 Å². The van der Waals surface area contributed by atoms with Crippen molar-refractivity contribution < 1.29 is 4.79 Å². The molecule has 4 unspecified atom stereocenters. The Kier molecular flexibility index (Phi) is 5.79. The van der Waals surface area contributed by atoms with E-state index in [0.29, 0.717) is 23.0 Å². The van der Waals surface area contributed by atoms with Crippen LogP contribution in [0, 0.1) is 11.8 Å². The summed E-state index contributed by atoms with van der Waals surface area (Å²) in [7, 11) is 0. The Morgan fingerprint density at radius 3 is 2.70 bits per heavy atom. The number of hydrogen-bond acceptors (Lipinski definition) is 3. The highest BCUT2D eigenvalue weighted by Crippen LogP contribution is 2.30. The van der Waals surface area contributed by atoms with Crippen LogP contribution in [0.4, 0.5) is 0 Å². The summed E-state index contributed by atoms with van der Waals surface area (Å²) in [6, 6.07) is 0.0372. The molecular formula is C16H30N2OS. The summed E-state index contributed by atoms with van der Waals surface area (Å²) in [5, 5.41) is 4.27. The Hall–Kier alpha value is -0.220. The monoisotopic (exact) mass is 298 g/mol. The zero-order valence-electron chi connectivity index (χ0n) is 13.4. The number of thioether (sulfide) groups is 1. The fourth-order valence-corrected chi connectivity index (χ4v) is 4.48. The smallest absolute Gasteiger partial charge is 0.241 e. The van der Waals surface area contributed by atoms with Crippen molar-refractivity contribution in [2.45, 2.75) is 70.8 Å². The van der Waals surface area contributed by atoms with Gasteiger partial charge in [-0.3, -0.25) is 10.1 Å². The quantitative estimate of drug-likeness (QED) is 0.818. The topological polar surface area (TPSA) is 32.3 Å². The molecule has 1 N–H and O–H groups in total. The summed E-state index contributed by atoms with van der Waals surface area (Å²) in [5.41, 5.74) is 0. The molecule has 20 heavy (non-hydrogen) atoms. The third kappa shape index (κ3) is 3.70. The summed E-state index contributed by atoms with van der Waals surface area (Å²) in [5.74, 6) is 2.66. The van der Waals surface area contributed by atoms with Gasteiger partial charge in [0.1, 0.15) is 0 Å². The van der Waals surface area contributed by atoms with Crippen molar-refractivity contribution in [3.63, 3.8) is 0 Å². The van der Waals surface area contributed by atoms with E-state index >= 15 is 0 Å². The first-order chi connectivity index (χ1) is 9.52. The molecule has 3 nitrogen and oxygen atoms in total. The molecule has 2 fully saturated rings. The number of carbonyl (C=O) groups excluding carboxylic acids is 1. The molecular weight excluding hydrogens is 268 g/mol. The predicted molar refractivity (Wildman–Crippen MR) is 86.8 cm³/mol. The van der Waals surface area contributed by atoms with Crippen molar-refractivity contribution >= 4 is 17.7 Å². The molecule has 0 bridgehead atoms. The van der Waals surface area contributed by atoms with Crippen molar-refractivity contribution in [3.05, 3.63) is 0 Å². The number of rotatable bonds is 6. The lowest BCUT2D eigenvalue weighted by Crippen LogP contribution is -2.41. The summed E-state index contributed by atoms with van der Waals surface area (Å²) < 4.78 is 0. The maximum absolute atomic E-state index is 12.7. The van der Waals surface area contributed by atoms with Crippen molar-refractivity contribution in [2.75, 3.05) is 12.3 Å². The highest BCUT2D eigenvalue weighted by Gasteiger charge is 2.41. The van der Waals surface area contributed by atoms with Crippen LogP contribution in [0.15, 0.2) is 0 Å². The predicted octanol–water partition coefficient (Wildman–Crippen LogP) is 3.10. The van der Waals surface area contributed by atoms with Gasteiger partial charge in [-0.15, -0.1) is 0 Å². The van der Waals surface area contributed by atoms with E-state index in [2.05, 4.69) is 37.9 Å². The average Bonchev–Trinajstić information content (AvgIpc) is 3.00. The van der Waals surface area contributed by atoms with Gasteiger partial charge in [0.15, 0.2) is 0 Å². The van der Waals surface area contributed by atoms with Crippen LogP contribution in [0.1, 0.15) is 53.4 Å². The summed E-state index contributed by atoms with van der Waals surface area (Å²) >= 11 is 2.05. The maximum atomic E-state index is 12.7. The van der Waals surface area contributed by atoms with E-state index in [1.165, 1.54) is 18.6 Å². The van der Waals surface area contributed by atoms with Gasteiger partial charge in [0, 0.05) is 11.8 Å². The molecule has 0 spiro atoms. The third-order valence-corrected chi connectivity index (χ3v) is 6.01. The minimum absolute atomic E-state index is 0.0372. The van der Waals surface area contributed by atoms with Gasteiger partial charge in [-0.25, -0.2) is 0 Å². The number of nitrogens with one attached hydrogen (secondary N) is 1. The lowest BCUT2D eigenvalue weighted by molar-refractivity contribution is -0.131. The molecule has 0 aromatic heterocycles. The van der Waals surface area contributed by atoms with Gasteiger partial charge in [0.05, 0.1) is 12.2 Å². The SMILES string of the molecule is CCC(C)C1NC(CC(C)C)N(CC2CCCS2)C1=O. The minimum Gasteiger partial charge on any atom is -0.325 e. The Balaban J connectivity index is 2.04. The number of hydrogen-bond donors (Lipinski definition) is 1. The van der Waals surface area contributed by atoms with Crippen LogP contribution in [0.2, 0.25) is 0 Å². The molecule has 4 heteroatoms. The van der Waals surface area contributed by atoms with Gasteiger partial charge in [-0.05, 0) is 36.9 Å². The number of carbonyl (C=O) groups is 1. The summed E-state index contributed by atoms with van der Waals surface area (Å²) in [4.78, 5) is 14.9. The highest BCUT2D eigenvalue weighted by atomic mass is 32.2. The van der Waals surface area contributed by atoms with Crippen LogP contribution < -0.4 is 5.32 Å². The molecule has 0 aromatic carbocycles. The lowest BCUT2D eigenvalue weighted by atomic mass is 9.99. The summed E-state index contributed by atoms with van der Waals surface area (Å²) in [6.45, 7) is 9.79. The zero-order valence-corrected chi connectivity index (χ0v) is 14.2. The van der Waals surface area contributed by atoms with Gasteiger partial charge in [0.25, 0.3) is 0 Å². The molecule has 2 rings (SSSR count). The summed E-state index contributed by atoms with van der Waals surface area (Å²) in [6.07, 6.45) is 4.97. The first-order valence-corrected chi connectivity index (χ1v) is 9.26. The largest absolute Gasteiger partial charge is 0.325 e. The minimum atomic E-state index is 0.0372. The van der Waals surface area contributed by atoms with Crippen LogP contribution in [-0.4, -0.2) is 40.6 Å². The molecule has 1 amide bonds. The second-order valence-electron chi connectivity index (χ2n) is 6.80. The maximum Gasteiger partial charge on any atom is 0.241 e. The average molecular weight is 298 g/mol. The van der Waals surface area contributed by atoms with Crippen LogP contribution >= 0.6 is 11.8 Å². The lowest BCUT2D eigenvalue weighted by Gasteiger charge is -2.27. The van der Waals surface area contributed by atoms with E-state index in [0.717, 1.165) is 19.4 Å². The standard InChI is InChI=1S/C16H30N2OS/c1-5-12(4)15-16(19)18(10-13-7-6-8-20-13)14(17-15)9-11(2)3/h11-15,17H,5-10H2,1-4H3. The molecule has 0 saturated carbocycles. The van der Waals surface area contributed by atoms with Gasteiger partial charge in [-0.2, -0.15) is 11.8 Å². The fourth-order valence-electron chi connectivity index (χ4n) is 3.21. The number of nitrogens with zero attached hydrogens (tertiary/aromatic N) is 1. The van der Waals surface area contributed by atoms with Crippen LogP contribution in [-0.2, 0) is 4.79 Å². The normalized spacial score (nSPS) is 32.4. The van der Waals surface area contributed by atoms with Gasteiger partial charge in [-0.1, -0.05) is 34.1 Å². The molecule has 116 valence electrons. The Labute approximate surface area is 128 Å². The molecule has 4 atom stereocenters. The van der Waals surface area contributed by atoms with Gasteiger partial charge < -0.3 is 4.90 Å². The Morgan fingerprint density at radius 2 is 2.15 bits per heavy atom. The Bertz CT molecular complexity index is 328. The van der Waals surface area contributed by atoms with Gasteiger partial charge in [0.2, 0.25) is 5.91 Å². The first-order valence-electron chi connectivity index (χ1n) is 8.21. The molecule has 2 aliphatic heterocycles. The molecule has 2 saturated heterocycles. The van der Waals surface area contributed by atoms with E-state index in [9.17, 15) is 4.79 Å². The van der Waals surface area contributed by atoms with E-state index in [1.54, 1.807) is 0 Å². The molecule has 0 radical (unpaired) electrons. The highest BCUT2D eigenvalue weighted by molar-refractivity contribution is 8.00. The number of amides is 1. The van der Waals surface area contributed by atoms with Crippen LogP contribution in [0.5, 0.6) is 0 Å². The fraction of sp³-hybridized carbons (Fsp3) is 0.938. The van der Waals surface area contributed by atoms with Gasteiger partial charge >= 0.3 is 0 Å². The van der Waals surface area contributed by atoms with Crippen molar-refractivity contribution in [1.29, 1.82) is 0 Å². The molecule has 2 heterocycles.